The summed E-state index contributed by atoms with van der Waals surface area (Å²) in [6.45, 7) is 6.88. The molecule has 2 amide bonds. The summed E-state index contributed by atoms with van der Waals surface area (Å²) in [4.78, 5) is 40.2. The van der Waals surface area contributed by atoms with Crippen LogP contribution in [0.25, 0.3) is 0 Å². The summed E-state index contributed by atoms with van der Waals surface area (Å²) in [5.41, 5.74) is -1.72. The number of esters is 1. The fraction of sp³-hybridized carbons (Fsp3) is 0.581. The molecule has 3 N–H and O–H groups in total. The van der Waals surface area contributed by atoms with Crippen LogP contribution in [0.4, 0.5) is 10.5 Å². The Balaban J connectivity index is 1.82. The predicted octanol–water partition coefficient (Wildman–Crippen LogP) is 3.57. The van der Waals surface area contributed by atoms with Crippen molar-refractivity contribution in [2.45, 2.75) is 88.8 Å². The van der Waals surface area contributed by atoms with Crippen LogP contribution in [0.15, 0.2) is 35.9 Å². The molecule has 13 heteroatoms. The molecular formula is C31H41ClN2O10. The van der Waals surface area contributed by atoms with Gasteiger partial charge in [-0.15, -0.1) is 0 Å². The zero-order valence-electron chi connectivity index (χ0n) is 26.0. The Hall–Kier alpha value is -3.16. The SMILES string of the molecule is CCC(=O)OC1CC(=O)N(C)c2cc(cc(OC)c2Cl)[C@@H](O)/C(C)=C/C=C/C(OC)C2(O)CC(OC(=O)N2)C(C)C2OC12C. The summed E-state index contributed by atoms with van der Waals surface area (Å²) in [5, 5.41) is 25.4. The molecule has 2 fully saturated rings. The van der Waals surface area contributed by atoms with E-state index >= 15 is 0 Å². The van der Waals surface area contributed by atoms with E-state index in [0.29, 0.717) is 11.1 Å². The summed E-state index contributed by atoms with van der Waals surface area (Å²) < 4.78 is 28.4. The monoisotopic (exact) mass is 636 g/mol. The zero-order chi connectivity index (χ0) is 32.6. The van der Waals surface area contributed by atoms with E-state index in [1.165, 1.54) is 26.2 Å². The van der Waals surface area contributed by atoms with E-state index in [9.17, 15) is 24.6 Å². The first-order valence-electron chi connectivity index (χ1n) is 14.5. The van der Waals surface area contributed by atoms with Gasteiger partial charge in [-0.1, -0.05) is 43.7 Å². The molecule has 44 heavy (non-hydrogen) atoms. The Morgan fingerprint density at radius 3 is 2.61 bits per heavy atom. The Bertz CT molecular complexity index is 1350. The Kier molecular flexibility index (Phi) is 10.0. The molecule has 0 spiro atoms. The largest absolute Gasteiger partial charge is 0.495 e. The molecule has 0 aliphatic carbocycles. The van der Waals surface area contributed by atoms with Gasteiger partial charge in [0.05, 0.1) is 25.3 Å². The van der Waals surface area contributed by atoms with Crippen LogP contribution in [0.3, 0.4) is 0 Å². The predicted molar refractivity (Wildman–Crippen MR) is 160 cm³/mol. The number of alkyl carbamates (subject to hydrolysis) is 1. The van der Waals surface area contributed by atoms with Crippen molar-refractivity contribution in [1.82, 2.24) is 5.32 Å². The number of nitrogens with one attached hydrogen (secondary N) is 1. The van der Waals surface area contributed by atoms with Gasteiger partial charge in [0.15, 0.2) is 5.72 Å². The van der Waals surface area contributed by atoms with Crippen molar-refractivity contribution < 1.29 is 48.3 Å². The van der Waals surface area contributed by atoms with Gasteiger partial charge in [-0.3, -0.25) is 14.9 Å². The van der Waals surface area contributed by atoms with Crippen LogP contribution in [0.2, 0.25) is 5.02 Å². The third kappa shape index (κ3) is 6.59. The number of amides is 2. The number of benzene rings is 1. The maximum atomic E-state index is 13.7. The van der Waals surface area contributed by atoms with E-state index < -0.39 is 65.7 Å². The topological polar surface area (TPSA) is 156 Å². The molecule has 1 aromatic carbocycles. The fourth-order valence-corrected chi connectivity index (χ4v) is 6.14. The number of hydrogen-bond acceptors (Lipinski definition) is 10. The van der Waals surface area contributed by atoms with E-state index in [4.69, 9.17) is 35.3 Å². The Labute approximate surface area is 261 Å². The van der Waals surface area contributed by atoms with Crippen LogP contribution in [-0.4, -0.2) is 85.2 Å². The number of carbonyl (C=O) groups is 3. The second-order valence-electron chi connectivity index (χ2n) is 11.7. The molecule has 3 aliphatic heterocycles. The molecule has 0 radical (unpaired) electrons. The molecule has 7 unspecified atom stereocenters. The number of ether oxygens (including phenoxy) is 5. The van der Waals surface area contributed by atoms with Crippen molar-refractivity contribution in [3.63, 3.8) is 0 Å². The lowest BCUT2D eigenvalue weighted by molar-refractivity contribution is -0.153. The number of halogens is 1. The van der Waals surface area contributed by atoms with Gasteiger partial charge in [0.25, 0.3) is 0 Å². The van der Waals surface area contributed by atoms with Gasteiger partial charge >= 0.3 is 12.1 Å². The van der Waals surface area contributed by atoms with Gasteiger partial charge < -0.3 is 38.8 Å². The smallest absolute Gasteiger partial charge is 0.409 e. The van der Waals surface area contributed by atoms with Crippen LogP contribution < -0.4 is 15.0 Å². The zero-order valence-corrected chi connectivity index (χ0v) is 26.7. The van der Waals surface area contributed by atoms with E-state index in [2.05, 4.69) is 5.32 Å². The number of methoxy groups -OCH3 is 2. The maximum Gasteiger partial charge on any atom is 0.409 e. The molecule has 2 saturated heterocycles. The number of hydrogen-bond donors (Lipinski definition) is 3. The van der Waals surface area contributed by atoms with Gasteiger partial charge in [-0.05, 0) is 37.1 Å². The highest BCUT2D eigenvalue weighted by Gasteiger charge is 2.64. The quantitative estimate of drug-likeness (QED) is 0.330. The number of anilines is 1. The van der Waals surface area contributed by atoms with E-state index in [-0.39, 0.29) is 35.7 Å². The minimum absolute atomic E-state index is 0.0464. The van der Waals surface area contributed by atoms with E-state index in [1.807, 2.05) is 0 Å². The lowest BCUT2D eigenvalue weighted by atomic mass is 9.83. The van der Waals surface area contributed by atoms with Gasteiger partial charge in [-0.25, -0.2) is 4.79 Å². The second-order valence-corrected chi connectivity index (χ2v) is 12.1. The Morgan fingerprint density at radius 1 is 1.27 bits per heavy atom. The van der Waals surface area contributed by atoms with E-state index in [0.717, 1.165) is 0 Å². The number of aliphatic hydroxyl groups excluding tert-OH is 1. The number of aliphatic hydroxyl groups is 2. The van der Waals surface area contributed by atoms with Gasteiger partial charge in [-0.2, -0.15) is 0 Å². The third-order valence-electron chi connectivity index (χ3n) is 8.72. The number of nitrogens with zero attached hydrogens (tertiary/aromatic N) is 1. The normalized spacial score (nSPS) is 36.2. The third-order valence-corrected chi connectivity index (χ3v) is 9.10. The average Bonchev–Trinajstić information content (AvgIpc) is 3.68. The average molecular weight is 637 g/mol. The minimum Gasteiger partial charge on any atom is -0.495 e. The molecule has 242 valence electrons. The molecule has 0 aromatic heterocycles. The molecule has 4 rings (SSSR count). The van der Waals surface area contributed by atoms with E-state index in [1.54, 1.807) is 58.1 Å². The van der Waals surface area contributed by atoms with Crippen LogP contribution >= 0.6 is 11.6 Å². The number of carbonyl (C=O) groups excluding carboxylic acids is 3. The highest BCUT2D eigenvalue weighted by Crippen LogP contribution is 2.49. The molecule has 3 heterocycles. The molecule has 1 aromatic rings. The summed E-state index contributed by atoms with van der Waals surface area (Å²) in [7, 11) is 4.36. The lowest BCUT2D eigenvalue weighted by Crippen LogP contribution is -2.63. The molecule has 12 nitrogen and oxygen atoms in total. The van der Waals surface area contributed by atoms with Crippen LogP contribution in [-0.2, 0) is 28.5 Å². The Morgan fingerprint density at radius 2 is 1.98 bits per heavy atom. The highest BCUT2D eigenvalue weighted by molar-refractivity contribution is 6.35. The molecule has 8 atom stereocenters. The first kappa shape index (κ1) is 33.7. The van der Waals surface area contributed by atoms with Crippen LogP contribution in [0, 0.1) is 5.92 Å². The summed E-state index contributed by atoms with van der Waals surface area (Å²) in [5.74, 6) is -1.17. The first-order valence-corrected chi connectivity index (χ1v) is 14.8. The standard InChI is InChI=1S/C31H41ClN2O10/c1-8-25(36)43-23-14-24(35)34(5)19-12-18(13-20(40-6)26(19)32)27(37)16(2)10-9-11-22(41-7)31(39)15-21(42-29(38)33-31)17(3)28-30(23,4)44-28/h9-13,17,21-23,27-28,37,39H,8,14-15H2,1-7H3,(H,33,38)/b11-9+,16-10+/t17?,21?,22?,23?,27-,28?,30?,31?/m0/s1. The van der Waals surface area contributed by atoms with Gasteiger partial charge in [0.1, 0.15) is 40.8 Å². The van der Waals surface area contributed by atoms with Crippen molar-refractivity contribution in [2.24, 2.45) is 5.92 Å². The van der Waals surface area contributed by atoms with Crippen LogP contribution in [0.1, 0.15) is 58.6 Å². The summed E-state index contributed by atoms with van der Waals surface area (Å²) in [6, 6.07) is 3.17. The molecule has 3 aliphatic rings. The highest BCUT2D eigenvalue weighted by atomic mass is 35.5. The summed E-state index contributed by atoms with van der Waals surface area (Å²) in [6.07, 6.45) is -0.722. The van der Waals surface area contributed by atoms with Gasteiger partial charge in [0.2, 0.25) is 5.91 Å². The molecular weight excluding hydrogens is 596 g/mol. The fourth-order valence-electron chi connectivity index (χ4n) is 5.83. The number of rotatable bonds is 4. The van der Waals surface area contributed by atoms with Crippen molar-refractivity contribution >= 4 is 35.3 Å². The first-order chi connectivity index (χ1) is 20.7. The second kappa shape index (κ2) is 13.1. The lowest BCUT2D eigenvalue weighted by Gasteiger charge is -2.42. The van der Waals surface area contributed by atoms with Crippen molar-refractivity contribution in [3.05, 3.63) is 46.5 Å². The minimum atomic E-state index is -1.83. The number of epoxide rings is 1. The van der Waals surface area contributed by atoms with Crippen molar-refractivity contribution in [3.8, 4) is 5.75 Å². The van der Waals surface area contributed by atoms with Gasteiger partial charge in [0, 0.05) is 32.9 Å². The van der Waals surface area contributed by atoms with Crippen LogP contribution in [0.5, 0.6) is 5.75 Å². The number of fused-ring (bicyclic) bond motifs is 5. The molecule has 0 saturated carbocycles. The maximum absolute atomic E-state index is 13.7. The van der Waals surface area contributed by atoms with Crippen molar-refractivity contribution in [1.29, 1.82) is 0 Å². The molecule has 4 bridgehead atoms. The van der Waals surface area contributed by atoms with Crippen molar-refractivity contribution in [2.75, 3.05) is 26.2 Å². The number of allylic oxidation sites excluding steroid dienone is 2. The summed E-state index contributed by atoms with van der Waals surface area (Å²) >= 11 is 6.63.